The molecule has 0 saturated carbocycles. The van der Waals surface area contributed by atoms with Crippen LogP contribution in [-0.4, -0.2) is 17.9 Å². The second-order valence-electron chi connectivity index (χ2n) is 7.61. The minimum Gasteiger partial charge on any atom is -0.550 e. The predicted molar refractivity (Wildman–Crippen MR) is 115 cm³/mol. The van der Waals surface area contributed by atoms with Gasteiger partial charge in [-0.25, -0.2) is 0 Å². The Hall–Kier alpha value is -1.07. The molecule has 0 aliphatic heterocycles. The molecule has 0 saturated heterocycles. The van der Waals surface area contributed by atoms with E-state index in [1.807, 2.05) is 0 Å². The molecule has 0 spiro atoms. The van der Waals surface area contributed by atoms with E-state index in [1.54, 1.807) is 0 Å². The molecule has 0 N–H and O–H groups in total. The van der Waals surface area contributed by atoms with Gasteiger partial charge < -0.3 is 29.7 Å². The summed E-state index contributed by atoms with van der Waals surface area (Å²) in [4.78, 5) is 29.8. The van der Waals surface area contributed by atoms with Gasteiger partial charge in [0.05, 0.1) is 0 Å². The monoisotopic (exact) mass is 484 g/mol. The summed E-state index contributed by atoms with van der Waals surface area (Å²) in [7, 11) is 0. The third-order valence-corrected chi connectivity index (χ3v) is 4.45. The molecule has 184 valence electrons. The molecular formula is C24H45MnO6. The maximum absolute atomic E-state index is 9.92. The van der Waals surface area contributed by atoms with Crippen LogP contribution >= 0.6 is 0 Å². The van der Waals surface area contributed by atoms with Gasteiger partial charge in [-0.3, -0.25) is 0 Å². The molecule has 0 fully saturated rings. The topological polar surface area (TPSA) is 120 Å². The van der Waals surface area contributed by atoms with E-state index in [2.05, 4.69) is 20.8 Å². The first-order valence-electron chi connectivity index (χ1n) is 11.9. The first-order chi connectivity index (χ1) is 14.3. The average molecular weight is 485 g/mol. The van der Waals surface area contributed by atoms with Crippen molar-refractivity contribution in [2.24, 2.45) is 0 Å². The Bertz CT molecular complexity index is 331. The van der Waals surface area contributed by atoms with Gasteiger partial charge in [0.1, 0.15) is 0 Å². The van der Waals surface area contributed by atoms with E-state index in [0.717, 1.165) is 57.8 Å². The van der Waals surface area contributed by atoms with Crippen LogP contribution in [0.2, 0.25) is 0 Å². The van der Waals surface area contributed by atoms with Gasteiger partial charge in [-0.15, -0.1) is 0 Å². The van der Waals surface area contributed by atoms with Crippen molar-refractivity contribution in [2.75, 3.05) is 0 Å². The van der Waals surface area contributed by atoms with E-state index in [0.29, 0.717) is 0 Å². The molecule has 7 heteroatoms. The van der Waals surface area contributed by atoms with Crippen LogP contribution in [-0.2, 0) is 31.5 Å². The molecule has 0 aliphatic rings. The quantitative estimate of drug-likeness (QED) is 0.217. The SMILES string of the molecule is CCCCCCCC(=O)[O-].CCCCCCCC(=O)[O-].CCCCCCCC(=O)[O-].[Mn+3]. The summed E-state index contributed by atoms with van der Waals surface area (Å²) in [6.07, 6.45) is 16.8. The van der Waals surface area contributed by atoms with Gasteiger partial charge in [-0.2, -0.15) is 0 Å². The van der Waals surface area contributed by atoms with Gasteiger partial charge in [0.15, 0.2) is 0 Å². The summed E-state index contributed by atoms with van der Waals surface area (Å²) in [6.45, 7) is 6.41. The van der Waals surface area contributed by atoms with Crippen molar-refractivity contribution in [2.45, 2.75) is 136 Å². The maximum Gasteiger partial charge on any atom is 3.00 e. The molecule has 0 heterocycles. The van der Waals surface area contributed by atoms with Gasteiger partial charge in [-0.05, 0) is 38.5 Å². The van der Waals surface area contributed by atoms with E-state index in [4.69, 9.17) is 0 Å². The molecule has 0 unspecified atom stereocenters. The number of rotatable bonds is 18. The van der Waals surface area contributed by atoms with Crippen molar-refractivity contribution >= 4 is 17.9 Å². The fraction of sp³-hybridized carbons (Fsp3) is 0.875. The molecule has 31 heavy (non-hydrogen) atoms. The van der Waals surface area contributed by atoms with Gasteiger partial charge in [0.25, 0.3) is 0 Å². The minimum absolute atomic E-state index is 0. The number of carboxylic acids is 3. The number of carboxylic acid groups (broad SMARTS) is 3. The van der Waals surface area contributed by atoms with Crippen LogP contribution in [0.25, 0.3) is 0 Å². The predicted octanol–water partition coefficient (Wildman–Crippen LogP) is 3.29. The molecule has 0 aliphatic carbocycles. The molecule has 0 bridgehead atoms. The Morgan fingerprint density at radius 1 is 0.419 bits per heavy atom. The summed E-state index contributed by atoms with van der Waals surface area (Å²) < 4.78 is 0. The minimum atomic E-state index is -0.920. The fourth-order valence-corrected chi connectivity index (χ4v) is 2.62. The number of unbranched alkanes of at least 4 members (excludes halogenated alkanes) is 12. The smallest absolute Gasteiger partial charge is 0.550 e. The van der Waals surface area contributed by atoms with Crippen LogP contribution in [0.3, 0.4) is 0 Å². The fourth-order valence-electron chi connectivity index (χ4n) is 2.62. The van der Waals surface area contributed by atoms with Crippen LogP contribution < -0.4 is 15.3 Å². The maximum atomic E-state index is 9.92. The zero-order valence-electron chi connectivity index (χ0n) is 20.1. The second-order valence-corrected chi connectivity index (χ2v) is 7.61. The van der Waals surface area contributed by atoms with Crippen molar-refractivity contribution in [3.8, 4) is 0 Å². The van der Waals surface area contributed by atoms with E-state index in [-0.39, 0.29) is 36.3 Å². The molecule has 0 aromatic heterocycles. The van der Waals surface area contributed by atoms with Crippen LogP contribution in [0.1, 0.15) is 136 Å². The van der Waals surface area contributed by atoms with E-state index < -0.39 is 17.9 Å². The van der Waals surface area contributed by atoms with Gasteiger partial charge in [0, 0.05) is 17.9 Å². The second kappa shape index (κ2) is 33.6. The van der Waals surface area contributed by atoms with Crippen molar-refractivity contribution in [1.82, 2.24) is 0 Å². The normalized spacial score (nSPS) is 9.39. The number of aliphatic carboxylic acids is 3. The molecule has 0 rings (SSSR count). The van der Waals surface area contributed by atoms with Gasteiger partial charge >= 0.3 is 17.1 Å². The summed E-state index contributed by atoms with van der Waals surface area (Å²) in [6, 6.07) is 0. The molecule has 0 atom stereocenters. The molecule has 0 radical (unpaired) electrons. The van der Waals surface area contributed by atoms with E-state index in [9.17, 15) is 29.7 Å². The molecule has 0 aromatic carbocycles. The van der Waals surface area contributed by atoms with Crippen LogP contribution in [0, 0.1) is 0 Å². The summed E-state index contributed by atoms with van der Waals surface area (Å²) >= 11 is 0. The molecule has 0 amide bonds. The average Bonchev–Trinajstić information content (AvgIpc) is 2.68. The van der Waals surface area contributed by atoms with Gasteiger partial charge in [0.2, 0.25) is 0 Å². The third kappa shape index (κ3) is 52.8. The Morgan fingerprint density at radius 3 is 0.774 bits per heavy atom. The van der Waals surface area contributed by atoms with Crippen LogP contribution in [0.5, 0.6) is 0 Å². The Balaban J connectivity index is -0.000000174. The number of hydrogen-bond acceptors (Lipinski definition) is 6. The van der Waals surface area contributed by atoms with Crippen molar-refractivity contribution < 1.29 is 46.8 Å². The Labute approximate surface area is 201 Å². The van der Waals surface area contributed by atoms with Crippen LogP contribution in [0.15, 0.2) is 0 Å². The van der Waals surface area contributed by atoms with Crippen molar-refractivity contribution in [3.05, 3.63) is 0 Å². The largest absolute Gasteiger partial charge is 3.00 e. The zero-order chi connectivity index (χ0) is 23.5. The van der Waals surface area contributed by atoms with Gasteiger partial charge in [-0.1, -0.05) is 97.8 Å². The summed E-state index contributed by atoms with van der Waals surface area (Å²) in [5, 5.41) is 29.8. The number of carbonyl (C=O) groups excluding carboxylic acids is 3. The zero-order valence-corrected chi connectivity index (χ0v) is 21.2. The summed E-state index contributed by atoms with van der Waals surface area (Å²) in [5.74, 6) is -2.76. The van der Waals surface area contributed by atoms with E-state index in [1.165, 1.54) is 38.5 Å². The van der Waals surface area contributed by atoms with Crippen molar-refractivity contribution in [1.29, 1.82) is 0 Å². The summed E-state index contributed by atoms with van der Waals surface area (Å²) in [5.41, 5.74) is 0. The Morgan fingerprint density at radius 2 is 0.613 bits per heavy atom. The first kappa shape index (κ1) is 37.3. The molecule has 6 nitrogen and oxygen atoms in total. The van der Waals surface area contributed by atoms with Crippen LogP contribution in [0.4, 0.5) is 0 Å². The van der Waals surface area contributed by atoms with Crippen molar-refractivity contribution in [3.63, 3.8) is 0 Å². The standard InChI is InChI=1S/3C8H16O2.Mn/c3*1-2-3-4-5-6-7-8(9)10;/h3*2-7H2,1H3,(H,9,10);/q;;;+3/p-3. The molecular weight excluding hydrogens is 439 g/mol. The molecule has 0 aromatic rings. The number of carbonyl (C=O) groups is 3. The van der Waals surface area contributed by atoms with E-state index >= 15 is 0 Å². The number of hydrogen-bond donors (Lipinski definition) is 0. The Kier molecular flexibility index (Phi) is 40.3. The first-order valence-corrected chi connectivity index (χ1v) is 11.9. The third-order valence-electron chi connectivity index (χ3n) is 4.45.